The van der Waals surface area contributed by atoms with E-state index in [-0.39, 0.29) is 17.4 Å². The SMILES string of the molecule is Oc1cc2c(cc1O)[C@@H]1c3cc(-c4ccccc4)oc3CN[C@H]1CC2. The van der Waals surface area contributed by atoms with Crippen molar-refractivity contribution in [1.82, 2.24) is 5.32 Å². The van der Waals surface area contributed by atoms with Crippen molar-refractivity contribution in [3.05, 3.63) is 71.0 Å². The molecule has 1 aliphatic carbocycles. The van der Waals surface area contributed by atoms with Crippen molar-refractivity contribution in [1.29, 1.82) is 0 Å². The lowest BCUT2D eigenvalue weighted by molar-refractivity contribution is 0.354. The second-order valence-corrected chi connectivity index (χ2v) is 6.90. The quantitative estimate of drug-likeness (QED) is 0.591. The largest absolute Gasteiger partial charge is 0.504 e. The van der Waals surface area contributed by atoms with E-state index in [1.165, 1.54) is 5.56 Å². The molecule has 2 aliphatic rings. The summed E-state index contributed by atoms with van der Waals surface area (Å²) in [6.45, 7) is 0.725. The van der Waals surface area contributed by atoms with Gasteiger partial charge in [0.2, 0.25) is 0 Å². The molecule has 0 saturated heterocycles. The predicted octanol–water partition coefficient (Wildman–Crippen LogP) is 3.91. The van der Waals surface area contributed by atoms with Gasteiger partial charge >= 0.3 is 0 Å². The Labute approximate surface area is 145 Å². The lowest BCUT2D eigenvalue weighted by Gasteiger charge is -2.37. The summed E-state index contributed by atoms with van der Waals surface area (Å²) in [7, 11) is 0. The van der Waals surface area contributed by atoms with Crippen molar-refractivity contribution in [2.45, 2.75) is 31.3 Å². The highest BCUT2D eigenvalue weighted by Crippen LogP contribution is 2.45. The average molecular weight is 333 g/mol. The first-order chi connectivity index (χ1) is 12.2. The number of nitrogens with one attached hydrogen (secondary N) is 1. The number of phenolic OH excluding ortho intramolecular Hbond substituents is 2. The van der Waals surface area contributed by atoms with Gasteiger partial charge in [0.05, 0.1) is 6.54 Å². The van der Waals surface area contributed by atoms with E-state index in [9.17, 15) is 10.2 Å². The molecular formula is C21H19NO3. The van der Waals surface area contributed by atoms with Crippen molar-refractivity contribution in [3.63, 3.8) is 0 Å². The number of aromatic hydroxyl groups is 2. The summed E-state index contributed by atoms with van der Waals surface area (Å²) < 4.78 is 6.14. The number of rotatable bonds is 1. The number of phenols is 2. The van der Waals surface area contributed by atoms with Crippen LogP contribution in [0.4, 0.5) is 0 Å². The lowest BCUT2D eigenvalue weighted by atomic mass is 9.73. The molecule has 2 atom stereocenters. The summed E-state index contributed by atoms with van der Waals surface area (Å²) in [6.07, 6.45) is 1.91. The van der Waals surface area contributed by atoms with Crippen LogP contribution in [0.15, 0.2) is 52.9 Å². The van der Waals surface area contributed by atoms with E-state index >= 15 is 0 Å². The minimum atomic E-state index is -0.0571. The standard InChI is InChI=1S/C21H19NO3/c23-17-8-13-6-7-16-21(14(13)9-18(17)24)15-10-19(25-20(15)11-22-16)12-4-2-1-3-5-12/h1-5,8-10,16,21-24H,6-7,11H2/t16-,21+/m0/s1. The van der Waals surface area contributed by atoms with Crippen molar-refractivity contribution in [3.8, 4) is 22.8 Å². The van der Waals surface area contributed by atoms with Crippen LogP contribution in [0.5, 0.6) is 11.5 Å². The molecule has 1 aromatic heterocycles. The molecule has 0 fully saturated rings. The van der Waals surface area contributed by atoms with Gasteiger partial charge in [-0.25, -0.2) is 0 Å². The number of hydrogen-bond donors (Lipinski definition) is 3. The summed E-state index contributed by atoms with van der Waals surface area (Å²) >= 11 is 0. The molecule has 0 saturated carbocycles. The molecule has 0 spiro atoms. The second-order valence-electron chi connectivity index (χ2n) is 6.90. The molecule has 126 valence electrons. The Morgan fingerprint density at radius 1 is 0.960 bits per heavy atom. The normalized spacial score (nSPS) is 21.3. The summed E-state index contributed by atoms with van der Waals surface area (Å²) in [4.78, 5) is 0. The Morgan fingerprint density at radius 3 is 2.60 bits per heavy atom. The van der Waals surface area contributed by atoms with Crippen molar-refractivity contribution < 1.29 is 14.6 Å². The monoisotopic (exact) mass is 333 g/mol. The van der Waals surface area contributed by atoms with Gasteiger partial charge in [0, 0.05) is 23.1 Å². The van der Waals surface area contributed by atoms with Crippen molar-refractivity contribution in [2.24, 2.45) is 0 Å². The zero-order valence-electron chi connectivity index (χ0n) is 13.7. The lowest BCUT2D eigenvalue weighted by Crippen LogP contribution is -2.42. The first kappa shape index (κ1) is 14.6. The van der Waals surface area contributed by atoms with Gasteiger partial charge in [0.25, 0.3) is 0 Å². The first-order valence-electron chi connectivity index (χ1n) is 8.67. The molecule has 2 heterocycles. The highest BCUT2D eigenvalue weighted by Gasteiger charge is 2.37. The molecule has 3 N–H and O–H groups in total. The molecule has 5 rings (SSSR count). The van der Waals surface area contributed by atoms with Gasteiger partial charge in [-0.15, -0.1) is 0 Å². The molecule has 4 heteroatoms. The zero-order chi connectivity index (χ0) is 17.0. The van der Waals surface area contributed by atoms with Crippen LogP contribution in [0.3, 0.4) is 0 Å². The molecule has 0 bridgehead atoms. The third-order valence-corrected chi connectivity index (χ3v) is 5.46. The Bertz CT molecular complexity index is 945. The number of benzene rings is 2. The van der Waals surface area contributed by atoms with Crippen LogP contribution in [-0.2, 0) is 13.0 Å². The summed E-state index contributed by atoms with van der Waals surface area (Å²) in [5.74, 6) is 1.88. The molecule has 1 aliphatic heterocycles. The number of fused-ring (bicyclic) bond motifs is 5. The molecule has 2 aromatic carbocycles. The van der Waals surface area contributed by atoms with Gasteiger partial charge in [0.1, 0.15) is 11.5 Å². The van der Waals surface area contributed by atoms with Crippen LogP contribution < -0.4 is 5.32 Å². The van der Waals surface area contributed by atoms with Gasteiger partial charge in [-0.2, -0.15) is 0 Å². The molecule has 0 radical (unpaired) electrons. The van der Waals surface area contributed by atoms with E-state index in [1.54, 1.807) is 12.1 Å². The number of furan rings is 1. The van der Waals surface area contributed by atoms with Crippen LogP contribution in [0, 0.1) is 0 Å². The predicted molar refractivity (Wildman–Crippen MR) is 94.7 cm³/mol. The Hall–Kier alpha value is -2.72. The summed E-state index contributed by atoms with van der Waals surface area (Å²) in [5, 5.41) is 23.4. The Kier molecular flexibility index (Phi) is 3.15. The highest BCUT2D eigenvalue weighted by molar-refractivity contribution is 5.61. The van der Waals surface area contributed by atoms with E-state index in [0.717, 1.165) is 47.6 Å². The smallest absolute Gasteiger partial charge is 0.157 e. The second kappa shape index (κ2) is 5.39. The summed E-state index contributed by atoms with van der Waals surface area (Å²) in [5.41, 5.74) is 4.45. The fourth-order valence-electron chi connectivity index (χ4n) is 4.25. The Balaban J connectivity index is 1.65. The van der Waals surface area contributed by atoms with Gasteiger partial charge in [-0.05, 0) is 42.2 Å². The van der Waals surface area contributed by atoms with E-state index in [4.69, 9.17) is 4.42 Å². The van der Waals surface area contributed by atoms with E-state index in [2.05, 4.69) is 11.4 Å². The minimum absolute atomic E-state index is 0.0432. The Morgan fingerprint density at radius 2 is 1.76 bits per heavy atom. The third kappa shape index (κ3) is 2.25. The zero-order valence-corrected chi connectivity index (χ0v) is 13.7. The van der Waals surface area contributed by atoms with E-state index in [0.29, 0.717) is 6.04 Å². The average Bonchev–Trinajstić information content (AvgIpc) is 3.07. The van der Waals surface area contributed by atoms with Gasteiger partial charge in [-0.3, -0.25) is 0 Å². The fraction of sp³-hybridized carbons (Fsp3) is 0.238. The van der Waals surface area contributed by atoms with Crippen molar-refractivity contribution in [2.75, 3.05) is 0 Å². The minimum Gasteiger partial charge on any atom is -0.504 e. The molecule has 0 amide bonds. The highest BCUT2D eigenvalue weighted by atomic mass is 16.3. The van der Waals surface area contributed by atoms with Gasteiger partial charge in [0.15, 0.2) is 11.5 Å². The van der Waals surface area contributed by atoms with Gasteiger partial charge in [-0.1, -0.05) is 30.3 Å². The van der Waals surface area contributed by atoms with Gasteiger partial charge < -0.3 is 19.9 Å². The van der Waals surface area contributed by atoms with Crippen LogP contribution in [-0.4, -0.2) is 16.3 Å². The number of aryl methyl sites for hydroxylation is 1. The molecule has 0 unspecified atom stereocenters. The topological polar surface area (TPSA) is 65.6 Å². The maximum Gasteiger partial charge on any atom is 0.157 e. The number of hydrogen-bond acceptors (Lipinski definition) is 4. The maximum atomic E-state index is 10.0. The fourth-order valence-corrected chi connectivity index (χ4v) is 4.25. The van der Waals surface area contributed by atoms with Crippen molar-refractivity contribution >= 4 is 0 Å². The van der Waals surface area contributed by atoms with Crippen LogP contribution in [0.2, 0.25) is 0 Å². The van der Waals surface area contributed by atoms with E-state index in [1.807, 2.05) is 30.3 Å². The maximum absolute atomic E-state index is 10.0. The molecule has 25 heavy (non-hydrogen) atoms. The molecule has 3 aromatic rings. The van der Waals surface area contributed by atoms with Crippen LogP contribution in [0.1, 0.15) is 34.8 Å². The molecular weight excluding hydrogens is 314 g/mol. The van der Waals surface area contributed by atoms with Crippen LogP contribution >= 0.6 is 0 Å². The van der Waals surface area contributed by atoms with Crippen LogP contribution in [0.25, 0.3) is 11.3 Å². The molecule has 4 nitrogen and oxygen atoms in total. The van der Waals surface area contributed by atoms with E-state index < -0.39 is 0 Å². The first-order valence-corrected chi connectivity index (χ1v) is 8.67. The summed E-state index contributed by atoms with van der Waals surface area (Å²) in [6, 6.07) is 16.0. The third-order valence-electron chi connectivity index (χ3n) is 5.46.